The molecule has 0 aliphatic carbocycles. The number of hydrogen-bond acceptors (Lipinski definition) is 2. The van der Waals surface area contributed by atoms with Crippen LogP contribution in [0.1, 0.15) is 50.8 Å². The first-order chi connectivity index (χ1) is 13.6. The quantitative estimate of drug-likeness (QED) is 0.644. The number of halogens is 1. The molecule has 2 aromatic rings. The predicted octanol–water partition coefficient (Wildman–Crippen LogP) is 4.84. The van der Waals surface area contributed by atoms with Gasteiger partial charge in [-0.3, -0.25) is 9.59 Å². The van der Waals surface area contributed by atoms with Crippen LogP contribution in [0.2, 0.25) is 0 Å². The molecule has 2 aromatic carbocycles. The molecule has 5 heteroatoms. The lowest BCUT2D eigenvalue weighted by Gasteiger charge is -2.28. The van der Waals surface area contributed by atoms with Gasteiger partial charge in [-0.1, -0.05) is 73.1 Å². The van der Waals surface area contributed by atoms with Gasteiger partial charge in [0.25, 0.3) is 0 Å². The lowest BCUT2D eigenvalue weighted by Crippen LogP contribution is -2.46. The highest BCUT2D eigenvalue weighted by molar-refractivity contribution is 9.10. The maximum absolute atomic E-state index is 13.0. The first-order valence-electron chi connectivity index (χ1n) is 9.96. The molecule has 0 radical (unpaired) electrons. The summed E-state index contributed by atoms with van der Waals surface area (Å²) in [6.07, 6.45) is 1.02. The maximum atomic E-state index is 13.0. The molecule has 2 rings (SSSR count). The second-order valence-electron chi connectivity index (χ2n) is 8.39. The fourth-order valence-corrected chi connectivity index (χ4v) is 3.41. The molecular formula is C24H31BrN2O2. The van der Waals surface area contributed by atoms with Crippen molar-refractivity contribution in [3.8, 4) is 0 Å². The molecule has 1 N–H and O–H groups in total. The molecular weight excluding hydrogens is 428 g/mol. The van der Waals surface area contributed by atoms with Crippen molar-refractivity contribution in [3.05, 3.63) is 69.7 Å². The molecule has 0 saturated carbocycles. The standard InChI is InChI=1S/C24H31BrN2O2/c1-17(23(29)26-5)27(16-19-8-13-21(25)14-9-19)22(28)15-10-18-6-11-20(12-7-18)24(2,3)4/h6-9,11-14,17H,10,15-16H2,1-5H3,(H,26,29)/t17-/m1/s1. The number of likely N-dealkylation sites (N-methyl/N-ethyl adjacent to an activating group) is 1. The molecule has 0 aromatic heterocycles. The minimum atomic E-state index is -0.528. The van der Waals surface area contributed by atoms with Crippen LogP contribution in [-0.4, -0.2) is 29.8 Å². The topological polar surface area (TPSA) is 49.4 Å². The predicted molar refractivity (Wildman–Crippen MR) is 122 cm³/mol. The van der Waals surface area contributed by atoms with E-state index in [9.17, 15) is 9.59 Å². The third-order valence-corrected chi connectivity index (χ3v) is 5.66. The SMILES string of the molecule is CNC(=O)[C@@H](C)N(Cc1ccc(Br)cc1)C(=O)CCc1ccc(C(C)(C)C)cc1. The zero-order chi connectivity index (χ0) is 21.6. The summed E-state index contributed by atoms with van der Waals surface area (Å²) in [6, 6.07) is 15.7. The smallest absolute Gasteiger partial charge is 0.242 e. The summed E-state index contributed by atoms with van der Waals surface area (Å²) in [6.45, 7) is 8.74. The van der Waals surface area contributed by atoms with Crippen LogP contribution >= 0.6 is 15.9 Å². The highest BCUT2D eigenvalue weighted by atomic mass is 79.9. The Labute approximate surface area is 182 Å². The maximum Gasteiger partial charge on any atom is 0.242 e. The first kappa shape index (κ1) is 23.1. The van der Waals surface area contributed by atoms with E-state index in [1.54, 1.807) is 18.9 Å². The average molecular weight is 459 g/mol. The fourth-order valence-electron chi connectivity index (χ4n) is 3.14. The summed E-state index contributed by atoms with van der Waals surface area (Å²) in [4.78, 5) is 26.9. The van der Waals surface area contributed by atoms with Crippen LogP contribution in [-0.2, 0) is 28.0 Å². The normalized spacial score (nSPS) is 12.3. The summed E-state index contributed by atoms with van der Waals surface area (Å²) in [5, 5.41) is 2.65. The van der Waals surface area contributed by atoms with E-state index < -0.39 is 6.04 Å². The Morgan fingerprint density at radius 3 is 2.07 bits per heavy atom. The number of carbonyl (C=O) groups excluding carboxylic acids is 2. The van der Waals surface area contributed by atoms with Gasteiger partial charge < -0.3 is 10.2 Å². The van der Waals surface area contributed by atoms with Gasteiger partial charge in [-0.2, -0.15) is 0 Å². The second kappa shape index (κ2) is 10.1. The molecule has 4 nitrogen and oxygen atoms in total. The van der Waals surface area contributed by atoms with Gasteiger partial charge in [0, 0.05) is 24.5 Å². The van der Waals surface area contributed by atoms with Crippen LogP contribution in [0.25, 0.3) is 0 Å². The molecule has 0 aliphatic rings. The van der Waals surface area contributed by atoms with Crippen LogP contribution in [0, 0.1) is 0 Å². The van der Waals surface area contributed by atoms with Crippen molar-refractivity contribution < 1.29 is 9.59 Å². The molecule has 1 atom stereocenters. The summed E-state index contributed by atoms with van der Waals surface area (Å²) >= 11 is 3.43. The summed E-state index contributed by atoms with van der Waals surface area (Å²) < 4.78 is 0.983. The van der Waals surface area contributed by atoms with Crippen LogP contribution in [0.15, 0.2) is 53.0 Å². The molecule has 0 spiro atoms. The second-order valence-corrected chi connectivity index (χ2v) is 9.30. The first-order valence-corrected chi connectivity index (χ1v) is 10.8. The number of aryl methyl sites for hydroxylation is 1. The number of nitrogens with zero attached hydrogens (tertiary/aromatic N) is 1. The van der Waals surface area contributed by atoms with E-state index in [0.29, 0.717) is 19.4 Å². The highest BCUT2D eigenvalue weighted by Gasteiger charge is 2.25. The Morgan fingerprint density at radius 1 is 1.00 bits per heavy atom. The van der Waals surface area contributed by atoms with Gasteiger partial charge in [-0.15, -0.1) is 0 Å². The van der Waals surface area contributed by atoms with Crippen molar-refractivity contribution in [2.45, 2.75) is 58.5 Å². The molecule has 156 valence electrons. The Balaban J connectivity index is 2.10. The van der Waals surface area contributed by atoms with Gasteiger partial charge in [0.05, 0.1) is 0 Å². The van der Waals surface area contributed by atoms with Crippen molar-refractivity contribution in [1.82, 2.24) is 10.2 Å². The molecule has 0 saturated heterocycles. The Bertz CT molecular complexity index is 823. The molecule has 0 fully saturated rings. The third kappa shape index (κ3) is 6.70. The lowest BCUT2D eigenvalue weighted by atomic mass is 9.86. The molecule has 0 unspecified atom stereocenters. The van der Waals surface area contributed by atoms with E-state index >= 15 is 0 Å². The van der Waals surface area contributed by atoms with Crippen LogP contribution in [0.3, 0.4) is 0 Å². The zero-order valence-electron chi connectivity index (χ0n) is 18.0. The number of rotatable bonds is 7. The monoisotopic (exact) mass is 458 g/mol. The van der Waals surface area contributed by atoms with E-state index in [1.807, 2.05) is 24.3 Å². The van der Waals surface area contributed by atoms with Gasteiger partial charge >= 0.3 is 0 Å². The number of hydrogen-bond donors (Lipinski definition) is 1. The molecule has 0 heterocycles. The molecule has 29 heavy (non-hydrogen) atoms. The number of nitrogens with one attached hydrogen (secondary N) is 1. The van der Waals surface area contributed by atoms with Gasteiger partial charge in [0.1, 0.15) is 6.04 Å². The Kier molecular flexibility index (Phi) is 8.03. The molecule has 0 aliphatic heterocycles. The minimum absolute atomic E-state index is 0.0242. The van der Waals surface area contributed by atoms with Gasteiger partial charge in [-0.05, 0) is 47.6 Å². The van der Waals surface area contributed by atoms with Crippen molar-refractivity contribution in [2.24, 2.45) is 0 Å². The number of carbonyl (C=O) groups is 2. The van der Waals surface area contributed by atoms with E-state index in [1.165, 1.54) is 5.56 Å². The van der Waals surface area contributed by atoms with E-state index in [0.717, 1.165) is 15.6 Å². The van der Waals surface area contributed by atoms with Crippen molar-refractivity contribution in [1.29, 1.82) is 0 Å². The van der Waals surface area contributed by atoms with Crippen LogP contribution in [0.4, 0.5) is 0 Å². The van der Waals surface area contributed by atoms with Crippen molar-refractivity contribution >= 4 is 27.7 Å². The van der Waals surface area contributed by atoms with Gasteiger partial charge in [0.15, 0.2) is 0 Å². The summed E-state index contributed by atoms with van der Waals surface area (Å²) in [5.41, 5.74) is 3.51. The Hall–Kier alpha value is -2.14. The minimum Gasteiger partial charge on any atom is -0.357 e. The van der Waals surface area contributed by atoms with Crippen molar-refractivity contribution in [2.75, 3.05) is 7.05 Å². The highest BCUT2D eigenvalue weighted by Crippen LogP contribution is 2.23. The zero-order valence-corrected chi connectivity index (χ0v) is 19.5. The molecule has 2 amide bonds. The average Bonchev–Trinajstić information content (AvgIpc) is 2.70. The Morgan fingerprint density at radius 2 is 1.55 bits per heavy atom. The van der Waals surface area contributed by atoms with E-state index in [2.05, 4.69) is 66.3 Å². The third-order valence-electron chi connectivity index (χ3n) is 5.13. The fraction of sp³-hybridized carbons (Fsp3) is 0.417. The van der Waals surface area contributed by atoms with E-state index in [-0.39, 0.29) is 17.2 Å². The van der Waals surface area contributed by atoms with E-state index in [4.69, 9.17) is 0 Å². The summed E-state index contributed by atoms with van der Waals surface area (Å²) in [5.74, 6) is -0.186. The number of amides is 2. The van der Waals surface area contributed by atoms with Crippen LogP contribution in [0.5, 0.6) is 0 Å². The van der Waals surface area contributed by atoms with Crippen LogP contribution < -0.4 is 5.32 Å². The summed E-state index contributed by atoms with van der Waals surface area (Å²) in [7, 11) is 1.60. The number of benzene rings is 2. The largest absolute Gasteiger partial charge is 0.357 e. The lowest BCUT2D eigenvalue weighted by molar-refractivity contribution is -0.140. The molecule has 0 bridgehead atoms. The van der Waals surface area contributed by atoms with Gasteiger partial charge in [-0.25, -0.2) is 0 Å². The van der Waals surface area contributed by atoms with Crippen molar-refractivity contribution in [3.63, 3.8) is 0 Å². The van der Waals surface area contributed by atoms with Gasteiger partial charge in [0.2, 0.25) is 11.8 Å².